The van der Waals surface area contributed by atoms with Crippen LogP contribution in [0.4, 0.5) is 0 Å². The second-order valence-corrected chi connectivity index (χ2v) is 5.25. The van der Waals surface area contributed by atoms with Crippen LogP contribution in [0.2, 0.25) is 0 Å². The van der Waals surface area contributed by atoms with E-state index in [0.29, 0.717) is 12.5 Å². The monoisotopic (exact) mass is 265 g/mol. The van der Waals surface area contributed by atoms with Gasteiger partial charge in [0.25, 0.3) is 0 Å². The maximum atomic E-state index is 11.8. The van der Waals surface area contributed by atoms with Crippen molar-refractivity contribution >= 4 is 0 Å². The lowest BCUT2D eigenvalue weighted by molar-refractivity contribution is 0.173. The van der Waals surface area contributed by atoms with Crippen molar-refractivity contribution in [3.05, 3.63) is 28.4 Å². The summed E-state index contributed by atoms with van der Waals surface area (Å²) in [4.78, 5) is 15.7. The Hall–Kier alpha value is -1.20. The molecule has 0 radical (unpaired) electrons. The molecular weight excluding hydrogens is 242 g/mol. The first-order valence-corrected chi connectivity index (χ1v) is 7.05. The van der Waals surface area contributed by atoms with E-state index in [9.17, 15) is 4.79 Å². The van der Waals surface area contributed by atoms with Crippen LogP contribution in [-0.2, 0) is 11.3 Å². The van der Waals surface area contributed by atoms with Gasteiger partial charge in [-0.15, -0.1) is 0 Å². The normalized spacial score (nSPS) is 20.6. The molecule has 1 aromatic heterocycles. The van der Waals surface area contributed by atoms with Crippen LogP contribution in [0.25, 0.3) is 0 Å². The van der Waals surface area contributed by atoms with Gasteiger partial charge in [-0.3, -0.25) is 4.57 Å². The summed E-state index contributed by atoms with van der Waals surface area (Å²) in [5.74, 6) is 0.485. The van der Waals surface area contributed by atoms with E-state index in [4.69, 9.17) is 4.74 Å². The third-order valence-corrected chi connectivity index (χ3v) is 3.57. The second-order valence-electron chi connectivity index (χ2n) is 5.25. The highest BCUT2D eigenvalue weighted by molar-refractivity contribution is 5.00. The van der Waals surface area contributed by atoms with Gasteiger partial charge in [-0.2, -0.15) is 0 Å². The lowest BCUT2D eigenvalue weighted by atomic mass is 9.98. The van der Waals surface area contributed by atoms with Crippen molar-refractivity contribution in [3.8, 4) is 0 Å². The number of rotatable bonds is 6. The van der Waals surface area contributed by atoms with E-state index in [1.807, 2.05) is 13.1 Å². The Morgan fingerprint density at radius 3 is 3.16 bits per heavy atom. The van der Waals surface area contributed by atoms with Crippen molar-refractivity contribution in [3.63, 3.8) is 0 Å². The molecular formula is C14H23N3O2. The van der Waals surface area contributed by atoms with Crippen LogP contribution in [0, 0.1) is 12.8 Å². The molecule has 2 heterocycles. The molecule has 1 aromatic rings. The summed E-state index contributed by atoms with van der Waals surface area (Å²) in [5, 5.41) is 3.54. The number of hydrogen-bond acceptors (Lipinski definition) is 4. The number of aryl methyl sites for hydroxylation is 1. The smallest absolute Gasteiger partial charge is 0.347 e. The van der Waals surface area contributed by atoms with Crippen molar-refractivity contribution in [1.82, 2.24) is 14.9 Å². The fraction of sp³-hybridized carbons (Fsp3) is 0.714. The average Bonchev–Trinajstić information content (AvgIpc) is 2.92. The topological polar surface area (TPSA) is 56.2 Å². The molecule has 5 nitrogen and oxygen atoms in total. The number of aromatic nitrogens is 2. The second kappa shape index (κ2) is 6.82. The molecule has 0 aromatic carbocycles. The van der Waals surface area contributed by atoms with Crippen LogP contribution in [0.5, 0.6) is 0 Å². The van der Waals surface area contributed by atoms with Crippen molar-refractivity contribution in [2.45, 2.75) is 39.3 Å². The maximum Gasteiger partial charge on any atom is 0.347 e. The molecule has 106 valence electrons. The Kier molecular flexibility index (Phi) is 5.10. The highest BCUT2D eigenvalue weighted by Gasteiger charge is 2.25. The number of nitrogens with zero attached hydrogens (tertiary/aromatic N) is 2. The predicted molar refractivity (Wildman–Crippen MR) is 74.2 cm³/mol. The predicted octanol–water partition coefficient (Wildman–Crippen LogP) is 0.956. The molecule has 1 N–H and O–H groups in total. The summed E-state index contributed by atoms with van der Waals surface area (Å²) in [6, 6.07) is 0.281. The quantitative estimate of drug-likeness (QED) is 0.832. The molecule has 0 spiro atoms. The van der Waals surface area contributed by atoms with Gasteiger partial charge in [-0.05, 0) is 31.9 Å². The molecule has 2 unspecified atom stereocenters. The Morgan fingerprint density at radius 1 is 1.63 bits per heavy atom. The number of hydrogen-bond donors (Lipinski definition) is 1. The van der Waals surface area contributed by atoms with Gasteiger partial charge in [0.05, 0.1) is 6.61 Å². The zero-order chi connectivity index (χ0) is 13.7. The summed E-state index contributed by atoms with van der Waals surface area (Å²) in [7, 11) is 0. The van der Waals surface area contributed by atoms with Crippen molar-refractivity contribution in [1.29, 1.82) is 0 Å². The van der Waals surface area contributed by atoms with Crippen molar-refractivity contribution in [2.24, 2.45) is 5.92 Å². The van der Waals surface area contributed by atoms with E-state index in [2.05, 4.69) is 17.2 Å². The Morgan fingerprint density at radius 2 is 2.47 bits per heavy atom. The first-order valence-electron chi connectivity index (χ1n) is 7.05. The molecule has 1 aliphatic rings. The minimum Gasteiger partial charge on any atom is -0.381 e. The van der Waals surface area contributed by atoms with Gasteiger partial charge >= 0.3 is 5.69 Å². The van der Waals surface area contributed by atoms with E-state index >= 15 is 0 Å². The molecule has 0 amide bonds. The summed E-state index contributed by atoms with van der Waals surface area (Å²) >= 11 is 0. The number of nitrogens with one attached hydrogen (secondary N) is 1. The molecule has 1 aliphatic heterocycles. The Labute approximate surface area is 114 Å². The lowest BCUT2D eigenvalue weighted by Crippen LogP contribution is -2.43. The van der Waals surface area contributed by atoms with E-state index in [1.54, 1.807) is 10.8 Å². The summed E-state index contributed by atoms with van der Waals surface area (Å²) in [6.07, 6.45) is 5.65. The van der Waals surface area contributed by atoms with Crippen molar-refractivity contribution in [2.75, 3.05) is 19.8 Å². The van der Waals surface area contributed by atoms with Gasteiger partial charge in [0.1, 0.15) is 0 Å². The van der Waals surface area contributed by atoms with Gasteiger partial charge in [-0.1, -0.05) is 6.92 Å². The summed E-state index contributed by atoms with van der Waals surface area (Å²) in [6.45, 7) is 7.35. The van der Waals surface area contributed by atoms with Gasteiger partial charge < -0.3 is 10.1 Å². The van der Waals surface area contributed by atoms with Gasteiger partial charge in [0.15, 0.2) is 0 Å². The minimum absolute atomic E-state index is 0.173. The molecule has 0 aliphatic carbocycles. The third kappa shape index (κ3) is 3.88. The zero-order valence-electron chi connectivity index (χ0n) is 11.8. The van der Waals surface area contributed by atoms with Crippen LogP contribution < -0.4 is 11.0 Å². The van der Waals surface area contributed by atoms with E-state index in [0.717, 1.165) is 38.2 Å². The summed E-state index contributed by atoms with van der Waals surface area (Å²) < 4.78 is 7.18. The highest BCUT2D eigenvalue weighted by Crippen LogP contribution is 2.17. The first-order chi connectivity index (χ1) is 9.20. The van der Waals surface area contributed by atoms with Crippen LogP contribution in [0.3, 0.4) is 0 Å². The molecule has 2 atom stereocenters. The molecule has 2 rings (SSSR count). The third-order valence-electron chi connectivity index (χ3n) is 3.57. The molecule has 0 saturated carbocycles. The van der Waals surface area contributed by atoms with Crippen LogP contribution in [-0.4, -0.2) is 35.4 Å². The Bertz CT molecular complexity index is 452. The van der Waals surface area contributed by atoms with Crippen LogP contribution in [0.1, 0.15) is 25.3 Å². The van der Waals surface area contributed by atoms with E-state index < -0.39 is 0 Å². The SMILES string of the molecule is CCCNC(Cn1cc(C)cnc1=O)C1CCOC1. The van der Waals surface area contributed by atoms with Crippen LogP contribution in [0.15, 0.2) is 17.2 Å². The molecule has 0 bridgehead atoms. The lowest BCUT2D eigenvalue weighted by Gasteiger charge is -2.24. The van der Waals surface area contributed by atoms with Crippen molar-refractivity contribution < 1.29 is 4.74 Å². The van der Waals surface area contributed by atoms with Gasteiger partial charge in [0.2, 0.25) is 0 Å². The molecule has 5 heteroatoms. The van der Waals surface area contributed by atoms with Gasteiger partial charge in [0, 0.05) is 37.5 Å². The highest BCUT2D eigenvalue weighted by atomic mass is 16.5. The average molecular weight is 265 g/mol. The molecule has 1 saturated heterocycles. The fourth-order valence-electron chi connectivity index (χ4n) is 2.49. The van der Waals surface area contributed by atoms with E-state index in [-0.39, 0.29) is 11.7 Å². The summed E-state index contributed by atoms with van der Waals surface area (Å²) in [5.41, 5.74) is 0.837. The molecule has 1 fully saturated rings. The van der Waals surface area contributed by atoms with E-state index in [1.165, 1.54) is 0 Å². The maximum absolute atomic E-state index is 11.8. The zero-order valence-corrected chi connectivity index (χ0v) is 11.8. The van der Waals surface area contributed by atoms with Crippen LogP contribution >= 0.6 is 0 Å². The number of ether oxygens (including phenoxy) is 1. The van der Waals surface area contributed by atoms with Gasteiger partial charge in [-0.25, -0.2) is 9.78 Å². The largest absolute Gasteiger partial charge is 0.381 e. The first kappa shape index (κ1) is 14.2. The fourth-order valence-corrected chi connectivity index (χ4v) is 2.49. The molecule has 19 heavy (non-hydrogen) atoms. The Balaban J connectivity index is 2.09. The standard InChI is InChI=1S/C14H23N3O2/c1-3-5-15-13(12-4-6-19-10-12)9-17-8-11(2)7-16-14(17)18/h7-8,12-13,15H,3-6,9-10H2,1-2H3. The minimum atomic E-state index is -0.173.